The lowest BCUT2D eigenvalue weighted by Crippen LogP contribution is -2.03. The highest BCUT2D eigenvalue weighted by Gasteiger charge is 2.14. The molecule has 0 fully saturated rings. The van der Waals surface area contributed by atoms with Crippen LogP contribution in [-0.4, -0.2) is 18.1 Å². The maximum Gasteiger partial charge on any atom is 0.340 e. The van der Waals surface area contributed by atoms with Crippen molar-refractivity contribution < 1.29 is 13.9 Å². The fourth-order valence-electron chi connectivity index (χ4n) is 1.53. The molecule has 1 aromatic heterocycles. The number of methoxy groups -OCH3 is 1. The number of hydrogen-bond acceptors (Lipinski definition) is 3. The number of carbonyl (C=O) groups excluding carboxylic acids is 1. The summed E-state index contributed by atoms with van der Waals surface area (Å²) in [6.45, 7) is 0. The van der Waals surface area contributed by atoms with Crippen LogP contribution in [0.5, 0.6) is 0 Å². The highest BCUT2D eigenvalue weighted by molar-refractivity contribution is 6.33. The van der Waals surface area contributed by atoms with E-state index in [1.165, 1.54) is 37.6 Å². The van der Waals surface area contributed by atoms with Gasteiger partial charge in [0.15, 0.2) is 0 Å². The molecule has 0 atom stereocenters. The average molecular weight is 300 g/mol. The minimum Gasteiger partial charge on any atom is -0.465 e. The first-order valence-corrected chi connectivity index (χ1v) is 5.98. The number of ether oxygens (including phenoxy) is 1. The summed E-state index contributed by atoms with van der Waals surface area (Å²) >= 11 is 11.8. The summed E-state index contributed by atoms with van der Waals surface area (Å²) in [7, 11) is 1.24. The number of esters is 1. The highest BCUT2D eigenvalue weighted by Crippen LogP contribution is 2.27. The predicted octanol–water partition coefficient (Wildman–Crippen LogP) is 3.98. The van der Waals surface area contributed by atoms with E-state index in [1.54, 1.807) is 0 Å². The first-order chi connectivity index (χ1) is 9.02. The minimum atomic E-state index is -0.601. The Morgan fingerprint density at radius 3 is 2.68 bits per heavy atom. The van der Waals surface area contributed by atoms with Gasteiger partial charge in [0, 0.05) is 16.8 Å². The van der Waals surface area contributed by atoms with Crippen LogP contribution in [-0.2, 0) is 4.74 Å². The van der Waals surface area contributed by atoms with Crippen LogP contribution in [0.25, 0.3) is 11.3 Å². The highest BCUT2D eigenvalue weighted by atomic mass is 35.5. The normalized spacial score (nSPS) is 10.3. The molecule has 0 radical (unpaired) electrons. The molecule has 2 rings (SSSR count). The van der Waals surface area contributed by atoms with Crippen LogP contribution in [0.4, 0.5) is 4.39 Å². The number of rotatable bonds is 2. The molecule has 0 bridgehead atoms. The van der Waals surface area contributed by atoms with Gasteiger partial charge in [-0.05, 0) is 24.3 Å². The van der Waals surface area contributed by atoms with E-state index in [1.807, 2.05) is 0 Å². The molecule has 6 heteroatoms. The first kappa shape index (κ1) is 13.8. The van der Waals surface area contributed by atoms with E-state index in [4.69, 9.17) is 23.2 Å². The maximum absolute atomic E-state index is 13.7. The Labute approximate surface area is 118 Å². The summed E-state index contributed by atoms with van der Waals surface area (Å²) in [6, 6.07) is 5.50. The lowest BCUT2D eigenvalue weighted by atomic mass is 10.1. The van der Waals surface area contributed by atoms with Crippen LogP contribution in [0.3, 0.4) is 0 Å². The molecule has 0 saturated carbocycles. The molecule has 2 aromatic rings. The molecule has 0 unspecified atom stereocenters. The third-order valence-corrected chi connectivity index (χ3v) is 3.01. The Kier molecular flexibility index (Phi) is 4.02. The lowest BCUT2D eigenvalue weighted by molar-refractivity contribution is 0.0600. The van der Waals surface area contributed by atoms with Gasteiger partial charge in [0.25, 0.3) is 0 Å². The summed E-state index contributed by atoms with van der Waals surface area (Å²) < 4.78 is 18.2. The average Bonchev–Trinajstić information content (AvgIpc) is 2.40. The van der Waals surface area contributed by atoms with Gasteiger partial charge in [0.05, 0.1) is 23.4 Å². The Morgan fingerprint density at radius 1 is 1.32 bits per heavy atom. The molecule has 1 aromatic carbocycles. The third-order valence-electron chi connectivity index (χ3n) is 2.46. The Balaban J connectivity index is 2.50. The van der Waals surface area contributed by atoms with Gasteiger partial charge in [0.1, 0.15) is 5.82 Å². The number of benzene rings is 1. The van der Waals surface area contributed by atoms with Gasteiger partial charge < -0.3 is 4.74 Å². The van der Waals surface area contributed by atoms with Gasteiger partial charge in [-0.3, -0.25) is 4.98 Å². The van der Waals surface area contributed by atoms with Crippen molar-refractivity contribution in [2.75, 3.05) is 7.11 Å². The second kappa shape index (κ2) is 5.55. The largest absolute Gasteiger partial charge is 0.465 e. The Bertz CT molecular complexity index is 647. The van der Waals surface area contributed by atoms with Crippen molar-refractivity contribution in [2.24, 2.45) is 0 Å². The van der Waals surface area contributed by atoms with E-state index in [2.05, 4.69) is 9.72 Å². The zero-order chi connectivity index (χ0) is 14.0. The van der Waals surface area contributed by atoms with E-state index in [-0.39, 0.29) is 21.8 Å². The predicted molar refractivity (Wildman–Crippen MR) is 71.0 cm³/mol. The molecule has 0 saturated heterocycles. The molecular formula is C13H8Cl2FNO2. The molecule has 0 N–H and O–H groups in total. The molecule has 1 heterocycles. The van der Waals surface area contributed by atoms with E-state index >= 15 is 0 Å². The van der Waals surface area contributed by atoms with Crippen molar-refractivity contribution in [1.29, 1.82) is 0 Å². The SMILES string of the molecule is COC(=O)c1cnc(-c2cc(Cl)ccc2F)cc1Cl. The number of aromatic nitrogens is 1. The number of pyridine rings is 1. The molecule has 0 aliphatic carbocycles. The Hall–Kier alpha value is -1.65. The summed E-state index contributed by atoms with van der Waals surface area (Å²) in [5.41, 5.74) is 0.624. The lowest BCUT2D eigenvalue weighted by Gasteiger charge is -2.06. The van der Waals surface area contributed by atoms with E-state index in [9.17, 15) is 9.18 Å². The zero-order valence-electron chi connectivity index (χ0n) is 9.78. The van der Waals surface area contributed by atoms with E-state index < -0.39 is 11.8 Å². The van der Waals surface area contributed by atoms with Gasteiger partial charge in [-0.25, -0.2) is 9.18 Å². The summed E-state index contributed by atoms with van der Waals surface area (Å²) in [5.74, 6) is -1.07. The molecule has 98 valence electrons. The van der Waals surface area contributed by atoms with Crippen LogP contribution in [0.2, 0.25) is 10.0 Å². The Morgan fingerprint density at radius 2 is 2.05 bits per heavy atom. The van der Waals surface area contributed by atoms with Gasteiger partial charge in [-0.1, -0.05) is 23.2 Å². The molecule has 3 nitrogen and oxygen atoms in total. The minimum absolute atomic E-state index is 0.121. The number of carbonyl (C=O) groups is 1. The monoisotopic (exact) mass is 299 g/mol. The fraction of sp³-hybridized carbons (Fsp3) is 0.0769. The standard InChI is InChI=1S/C13H8Cl2FNO2/c1-19-13(18)9-6-17-12(5-10(9)15)8-4-7(14)2-3-11(8)16/h2-6H,1H3. The van der Waals surface area contributed by atoms with Crippen LogP contribution in [0.1, 0.15) is 10.4 Å². The smallest absolute Gasteiger partial charge is 0.340 e. The summed E-state index contributed by atoms with van der Waals surface area (Å²) in [6.07, 6.45) is 1.24. The maximum atomic E-state index is 13.7. The quantitative estimate of drug-likeness (QED) is 0.787. The first-order valence-electron chi connectivity index (χ1n) is 5.22. The van der Waals surface area contributed by atoms with Crippen molar-refractivity contribution in [3.05, 3.63) is 51.9 Å². The van der Waals surface area contributed by atoms with Gasteiger partial charge in [-0.15, -0.1) is 0 Å². The zero-order valence-corrected chi connectivity index (χ0v) is 11.3. The second-order valence-electron chi connectivity index (χ2n) is 3.67. The molecular weight excluding hydrogens is 292 g/mol. The van der Waals surface area contributed by atoms with Crippen LogP contribution in [0, 0.1) is 5.82 Å². The van der Waals surface area contributed by atoms with Crippen LogP contribution in [0.15, 0.2) is 30.5 Å². The molecule has 0 aliphatic heterocycles. The van der Waals surface area contributed by atoms with Crippen molar-refractivity contribution >= 4 is 29.2 Å². The van der Waals surface area contributed by atoms with E-state index in [0.717, 1.165) is 0 Å². The second-order valence-corrected chi connectivity index (χ2v) is 4.51. The molecule has 0 aliphatic rings. The molecule has 0 amide bonds. The topological polar surface area (TPSA) is 39.2 Å². The van der Waals surface area contributed by atoms with Gasteiger partial charge in [-0.2, -0.15) is 0 Å². The number of nitrogens with zero attached hydrogens (tertiary/aromatic N) is 1. The van der Waals surface area contributed by atoms with Crippen LogP contribution >= 0.6 is 23.2 Å². The third kappa shape index (κ3) is 2.85. The van der Waals surface area contributed by atoms with Crippen molar-refractivity contribution in [3.63, 3.8) is 0 Å². The number of halogens is 3. The van der Waals surface area contributed by atoms with Crippen molar-refractivity contribution in [3.8, 4) is 11.3 Å². The molecule has 0 spiro atoms. The van der Waals surface area contributed by atoms with E-state index in [0.29, 0.717) is 5.02 Å². The summed E-state index contributed by atoms with van der Waals surface area (Å²) in [4.78, 5) is 15.4. The van der Waals surface area contributed by atoms with Crippen LogP contribution < -0.4 is 0 Å². The number of hydrogen-bond donors (Lipinski definition) is 0. The van der Waals surface area contributed by atoms with Crippen molar-refractivity contribution in [1.82, 2.24) is 4.98 Å². The fourth-order valence-corrected chi connectivity index (χ4v) is 1.93. The molecule has 19 heavy (non-hydrogen) atoms. The van der Waals surface area contributed by atoms with Gasteiger partial charge >= 0.3 is 5.97 Å². The van der Waals surface area contributed by atoms with Crippen molar-refractivity contribution in [2.45, 2.75) is 0 Å². The summed E-state index contributed by atoms with van der Waals surface area (Å²) in [5, 5.41) is 0.516. The van der Waals surface area contributed by atoms with Gasteiger partial charge in [0.2, 0.25) is 0 Å².